The van der Waals surface area contributed by atoms with Crippen molar-refractivity contribution in [1.29, 1.82) is 0 Å². The predicted molar refractivity (Wildman–Crippen MR) is 115 cm³/mol. The number of methoxy groups -OCH3 is 2. The molecule has 164 valence electrons. The maximum Gasteiger partial charge on any atom is 0.251 e. The second kappa shape index (κ2) is 10.5. The molecule has 1 unspecified atom stereocenters. The van der Waals surface area contributed by atoms with Crippen LogP contribution in [-0.2, 0) is 16.0 Å². The zero-order valence-corrected chi connectivity index (χ0v) is 17.6. The van der Waals surface area contributed by atoms with E-state index in [1.54, 1.807) is 12.1 Å². The Bertz CT molecular complexity index is 928. The summed E-state index contributed by atoms with van der Waals surface area (Å²) in [6.45, 7) is -0.255. The summed E-state index contributed by atoms with van der Waals surface area (Å²) in [4.78, 5) is 37.5. The van der Waals surface area contributed by atoms with Gasteiger partial charge < -0.3 is 25.4 Å². The first kappa shape index (κ1) is 22.1. The van der Waals surface area contributed by atoms with Crippen molar-refractivity contribution >= 4 is 17.7 Å². The van der Waals surface area contributed by atoms with Crippen LogP contribution in [0.15, 0.2) is 48.5 Å². The molecule has 0 saturated heterocycles. The standard InChI is InChI=1S/C23H27N3O5/c1-30-19-11-8-16(13-20(19)31-2)22(28)24-14-21(27)26-18(23(29)25-17-9-10-17)12-15-6-4-3-5-7-15/h3-8,11,13,17-18H,9-10,12,14H2,1-2H3,(H,24,28)(H,25,29)(H,26,27). The Morgan fingerprint density at radius 2 is 1.71 bits per heavy atom. The van der Waals surface area contributed by atoms with E-state index >= 15 is 0 Å². The van der Waals surface area contributed by atoms with Gasteiger partial charge in [0.1, 0.15) is 6.04 Å². The Hall–Kier alpha value is -3.55. The van der Waals surface area contributed by atoms with E-state index in [9.17, 15) is 14.4 Å². The number of benzene rings is 2. The van der Waals surface area contributed by atoms with Crippen LogP contribution in [0.4, 0.5) is 0 Å². The summed E-state index contributed by atoms with van der Waals surface area (Å²) >= 11 is 0. The number of hydrogen-bond donors (Lipinski definition) is 3. The highest BCUT2D eigenvalue weighted by Gasteiger charge is 2.28. The molecule has 0 spiro atoms. The van der Waals surface area contributed by atoms with Gasteiger partial charge in [0.05, 0.1) is 20.8 Å². The lowest BCUT2D eigenvalue weighted by Crippen LogP contribution is -2.51. The van der Waals surface area contributed by atoms with Gasteiger partial charge in [0.15, 0.2) is 11.5 Å². The fourth-order valence-electron chi connectivity index (χ4n) is 3.07. The van der Waals surface area contributed by atoms with E-state index in [2.05, 4.69) is 16.0 Å². The summed E-state index contributed by atoms with van der Waals surface area (Å²) in [6, 6.07) is 13.7. The molecule has 1 aliphatic carbocycles. The van der Waals surface area contributed by atoms with Gasteiger partial charge in [0.2, 0.25) is 11.8 Å². The first-order valence-electron chi connectivity index (χ1n) is 10.1. The molecule has 3 N–H and O–H groups in total. The van der Waals surface area contributed by atoms with Crippen molar-refractivity contribution in [3.05, 3.63) is 59.7 Å². The Balaban J connectivity index is 1.58. The molecule has 0 aromatic heterocycles. The van der Waals surface area contributed by atoms with Crippen molar-refractivity contribution in [2.45, 2.75) is 31.3 Å². The molecular weight excluding hydrogens is 398 g/mol. The average molecular weight is 425 g/mol. The van der Waals surface area contributed by atoms with Crippen molar-refractivity contribution < 1.29 is 23.9 Å². The van der Waals surface area contributed by atoms with Crippen LogP contribution in [0.25, 0.3) is 0 Å². The van der Waals surface area contributed by atoms with Crippen LogP contribution in [0.3, 0.4) is 0 Å². The number of carbonyl (C=O) groups is 3. The molecule has 1 fully saturated rings. The van der Waals surface area contributed by atoms with E-state index in [0.717, 1.165) is 18.4 Å². The highest BCUT2D eigenvalue weighted by Crippen LogP contribution is 2.27. The van der Waals surface area contributed by atoms with Crippen LogP contribution in [-0.4, -0.2) is 50.6 Å². The molecule has 1 saturated carbocycles. The Morgan fingerprint density at radius 3 is 2.35 bits per heavy atom. The lowest BCUT2D eigenvalue weighted by molar-refractivity contribution is -0.128. The summed E-state index contributed by atoms with van der Waals surface area (Å²) in [5.74, 6) is -0.175. The fourth-order valence-corrected chi connectivity index (χ4v) is 3.07. The SMILES string of the molecule is COc1ccc(C(=O)NCC(=O)NC(Cc2ccccc2)C(=O)NC2CC2)cc1OC. The second-order valence-electron chi connectivity index (χ2n) is 7.35. The smallest absolute Gasteiger partial charge is 0.251 e. The molecule has 2 aromatic rings. The van der Waals surface area contributed by atoms with Crippen LogP contribution in [0.2, 0.25) is 0 Å². The molecule has 3 amide bonds. The lowest BCUT2D eigenvalue weighted by atomic mass is 10.1. The zero-order chi connectivity index (χ0) is 22.2. The van der Waals surface area contributed by atoms with Crippen molar-refractivity contribution in [2.24, 2.45) is 0 Å². The molecule has 2 aromatic carbocycles. The molecule has 0 radical (unpaired) electrons. The van der Waals surface area contributed by atoms with E-state index in [4.69, 9.17) is 9.47 Å². The summed E-state index contributed by atoms with van der Waals surface area (Å²) in [7, 11) is 2.99. The fraction of sp³-hybridized carbons (Fsp3) is 0.348. The maximum atomic E-state index is 12.6. The summed E-state index contributed by atoms with van der Waals surface area (Å²) in [5, 5.41) is 8.23. The van der Waals surface area contributed by atoms with Gasteiger partial charge in [-0.1, -0.05) is 30.3 Å². The molecule has 1 aliphatic rings. The van der Waals surface area contributed by atoms with Gasteiger partial charge >= 0.3 is 0 Å². The molecule has 0 bridgehead atoms. The third-order valence-electron chi connectivity index (χ3n) is 4.91. The third kappa shape index (κ3) is 6.47. The molecule has 31 heavy (non-hydrogen) atoms. The Kier molecular flexibility index (Phi) is 7.48. The number of hydrogen-bond acceptors (Lipinski definition) is 5. The van der Waals surface area contributed by atoms with Gasteiger partial charge in [0, 0.05) is 18.0 Å². The molecule has 1 atom stereocenters. The molecule has 8 heteroatoms. The van der Waals surface area contributed by atoms with Crippen LogP contribution < -0.4 is 25.4 Å². The Morgan fingerprint density at radius 1 is 1.00 bits per heavy atom. The van der Waals surface area contributed by atoms with E-state index < -0.39 is 17.9 Å². The molecular formula is C23H27N3O5. The number of nitrogens with one attached hydrogen (secondary N) is 3. The minimum atomic E-state index is -0.714. The quantitative estimate of drug-likeness (QED) is 0.534. The predicted octanol–water partition coefficient (Wildman–Crippen LogP) is 1.44. The topological polar surface area (TPSA) is 106 Å². The van der Waals surface area contributed by atoms with Crippen LogP contribution in [0, 0.1) is 0 Å². The molecule has 3 rings (SSSR count). The van der Waals surface area contributed by atoms with E-state index in [-0.39, 0.29) is 18.5 Å². The van der Waals surface area contributed by atoms with Crippen LogP contribution in [0.5, 0.6) is 11.5 Å². The van der Waals surface area contributed by atoms with Crippen molar-refractivity contribution in [3.8, 4) is 11.5 Å². The third-order valence-corrected chi connectivity index (χ3v) is 4.91. The minimum absolute atomic E-state index is 0.187. The summed E-state index contributed by atoms with van der Waals surface area (Å²) in [6.07, 6.45) is 2.28. The largest absolute Gasteiger partial charge is 0.493 e. The van der Waals surface area contributed by atoms with Gasteiger partial charge in [-0.05, 0) is 36.6 Å². The number of carbonyl (C=O) groups excluding carboxylic acids is 3. The van der Waals surface area contributed by atoms with E-state index in [1.165, 1.54) is 20.3 Å². The highest BCUT2D eigenvalue weighted by molar-refractivity contribution is 5.97. The molecule has 8 nitrogen and oxygen atoms in total. The average Bonchev–Trinajstić information content (AvgIpc) is 3.61. The monoisotopic (exact) mass is 425 g/mol. The Labute approximate surface area is 181 Å². The summed E-state index contributed by atoms with van der Waals surface area (Å²) in [5.41, 5.74) is 1.27. The summed E-state index contributed by atoms with van der Waals surface area (Å²) < 4.78 is 10.4. The van der Waals surface area contributed by atoms with Gasteiger partial charge in [-0.15, -0.1) is 0 Å². The number of rotatable bonds is 10. The van der Waals surface area contributed by atoms with Crippen molar-refractivity contribution in [3.63, 3.8) is 0 Å². The van der Waals surface area contributed by atoms with Gasteiger partial charge in [-0.2, -0.15) is 0 Å². The van der Waals surface area contributed by atoms with Crippen molar-refractivity contribution in [2.75, 3.05) is 20.8 Å². The first-order valence-corrected chi connectivity index (χ1v) is 10.1. The van der Waals surface area contributed by atoms with Gasteiger partial charge in [-0.3, -0.25) is 14.4 Å². The zero-order valence-electron chi connectivity index (χ0n) is 17.6. The number of ether oxygens (including phenoxy) is 2. The number of amides is 3. The van der Waals surface area contributed by atoms with Crippen LogP contribution >= 0.6 is 0 Å². The molecule has 0 heterocycles. The van der Waals surface area contributed by atoms with Crippen molar-refractivity contribution in [1.82, 2.24) is 16.0 Å². The van der Waals surface area contributed by atoms with E-state index in [0.29, 0.717) is 23.5 Å². The van der Waals surface area contributed by atoms with E-state index in [1.807, 2.05) is 30.3 Å². The van der Waals surface area contributed by atoms with Crippen LogP contribution in [0.1, 0.15) is 28.8 Å². The van der Waals surface area contributed by atoms with Gasteiger partial charge in [0.25, 0.3) is 5.91 Å². The normalized spacial score (nSPS) is 13.6. The maximum absolute atomic E-state index is 12.6. The minimum Gasteiger partial charge on any atom is -0.493 e. The highest BCUT2D eigenvalue weighted by atomic mass is 16.5. The first-order chi connectivity index (χ1) is 15.0. The van der Waals surface area contributed by atoms with Gasteiger partial charge in [-0.25, -0.2) is 0 Å². The lowest BCUT2D eigenvalue weighted by Gasteiger charge is -2.19. The second-order valence-corrected chi connectivity index (χ2v) is 7.35. The molecule has 0 aliphatic heterocycles.